The van der Waals surface area contributed by atoms with Crippen LogP contribution in [0.1, 0.15) is 59.3 Å². The van der Waals surface area contributed by atoms with Crippen molar-refractivity contribution in [2.24, 2.45) is 0 Å². The number of phosphoric ester groups is 1. The highest BCUT2D eigenvalue weighted by atomic mass is 31.2. The molecule has 0 fully saturated rings. The average molecular weight is 543 g/mol. The van der Waals surface area contributed by atoms with Gasteiger partial charge >= 0.3 is 7.82 Å². The quantitative estimate of drug-likeness (QED) is 0.117. The van der Waals surface area contributed by atoms with Gasteiger partial charge in [-0.1, -0.05) is 40.0 Å². The lowest BCUT2D eigenvalue weighted by Crippen LogP contribution is -2.08. The van der Waals surface area contributed by atoms with E-state index in [0.29, 0.717) is 54.3 Å². The number of hydrogen-bond donors (Lipinski definition) is 0. The first kappa shape index (κ1) is 29.2. The molecule has 0 atom stereocenters. The fourth-order valence-electron chi connectivity index (χ4n) is 3.24. The second-order valence-corrected chi connectivity index (χ2v) is 10.2. The van der Waals surface area contributed by atoms with Gasteiger partial charge in [-0.15, -0.1) is 0 Å². The van der Waals surface area contributed by atoms with E-state index >= 15 is 0 Å². The first-order valence-electron chi connectivity index (χ1n) is 13.4. The van der Waals surface area contributed by atoms with E-state index in [1.165, 1.54) is 0 Å². The minimum Gasteiger partial charge on any atom is -0.494 e. The number of rotatable bonds is 18. The predicted octanol–water partition coefficient (Wildman–Crippen LogP) is 8.87. The summed E-state index contributed by atoms with van der Waals surface area (Å²) in [4.78, 5) is 0. The minimum atomic E-state index is -4.13. The first-order chi connectivity index (χ1) is 18.5. The van der Waals surface area contributed by atoms with E-state index in [2.05, 4.69) is 20.8 Å². The molecule has 0 heterocycles. The Balaban J connectivity index is 1.73. The molecule has 0 spiro atoms. The summed E-state index contributed by atoms with van der Waals surface area (Å²) < 4.78 is 48.4. The zero-order valence-electron chi connectivity index (χ0n) is 22.6. The fraction of sp³-hybridized carbons (Fsp3) is 0.400. The molecule has 38 heavy (non-hydrogen) atoms. The fourth-order valence-corrected chi connectivity index (χ4v) is 4.49. The van der Waals surface area contributed by atoms with Crippen molar-refractivity contribution >= 4 is 7.82 Å². The Labute approximate surface area is 226 Å². The summed E-state index contributed by atoms with van der Waals surface area (Å²) >= 11 is 0. The average Bonchev–Trinajstić information content (AvgIpc) is 2.92. The van der Waals surface area contributed by atoms with Crippen LogP contribution in [0.25, 0.3) is 0 Å². The lowest BCUT2D eigenvalue weighted by molar-refractivity contribution is 0.293. The van der Waals surface area contributed by atoms with Crippen molar-refractivity contribution < 1.29 is 32.3 Å². The maximum atomic E-state index is 13.8. The van der Waals surface area contributed by atoms with Crippen LogP contribution < -0.4 is 27.8 Å². The molecule has 0 N–H and O–H groups in total. The van der Waals surface area contributed by atoms with Gasteiger partial charge in [-0.25, -0.2) is 0 Å². The van der Waals surface area contributed by atoms with Crippen LogP contribution in [0.2, 0.25) is 0 Å². The third-order valence-electron chi connectivity index (χ3n) is 5.42. The Kier molecular flexibility index (Phi) is 12.2. The number of benzene rings is 3. The first-order valence-corrected chi connectivity index (χ1v) is 14.9. The minimum absolute atomic E-state index is 0.329. The molecule has 0 saturated heterocycles. The maximum absolute atomic E-state index is 13.8. The van der Waals surface area contributed by atoms with Crippen LogP contribution >= 0.6 is 7.82 Å². The lowest BCUT2D eigenvalue weighted by Gasteiger charge is -2.20. The van der Waals surface area contributed by atoms with Gasteiger partial charge in [0.25, 0.3) is 0 Å². The third kappa shape index (κ3) is 10.2. The smallest absolute Gasteiger partial charge is 0.494 e. The second-order valence-electron chi connectivity index (χ2n) is 8.74. The summed E-state index contributed by atoms with van der Waals surface area (Å²) in [5, 5.41) is 0. The summed E-state index contributed by atoms with van der Waals surface area (Å²) in [6.45, 7) is 8.24. The van der Waals surface area contributed by atoms with Gasteiger partial charge in [0, 0.05) is 0 Å². The van der Waals surface area contributed by atoms with E-state index in [0.717, 1.165) is 38.5 Å². The molecule has 3 rings (SSSR count). The number of ether oxygens (including phenoxy) is 3. The largest absolute Gasteiger partial charge is 0.647 e. The molecule has 3 aromatic carbocycles. The summed E-state index contributed by atoms with van der Waals surface area (Å²) in [6, 6.07) is 20.6. The SMILES string of the molecule is CCCCOc1ccc(OP(=O)(Oc2ccc(OCCCC)cc2)Oc2ccc(OCCCC)cc2)cc1. The molecule has 0 unspecified atom stereocenters. The van der Waals surface area contributed by atoms with Gasteiger partial charge in [0.05, 0.1) is 19.8 Å². The van der Waals surface area contributed by atoms with Crippen LogP contribution in [0, 0.1) is 0 Å². The molecule has 7 nitrogen and oxygen atoms in total. The van der Waals surface area contributed by atoms with Crippen molar-refractivity contribution in [2.75, 3.05) is 19.8 Å². The third-order valence-corrected chi connectivity index (χ3v) is 6.73. The summed E-state index contributed by atoms with van der Waals surface area (Å²) in [6.07, 6.45) is 6.07. The van der Waals surface area contributed by atoms with Crippen LogP contribution in [0.4, 0.5) is 0 Å². The highest BCUT2D eigenvalue weighted by Crippen LogP contribution is 2.50. The Morgan fingerprint density at radius 3 is 0.921 bits per heavy atom. The van der Waals surface area contributed by atoms with Crippen LogP contribution in [0.3, 0.4) is 0 Å². The van der Waals surface area contributed by atoms with Gasteiger partial charge < -0.3 is 27.8 Å². The van der Waals surface area contributed by atoms with Gasteiger partial charge in [-0.2, -0.15) is 4.57 Å². The number of phosphoric acid groups is 1. The molecule has 0 aromatic heterocycles. The van der Waals surface area contributed by atoms with Gasteiger partial charge in [0.15, 0.2) is 0 Å². The van der Waals surface area contributed by atoms with E-state index < -0.39 is 7.82 Å². The van der Waals surface area contributed by atoms with Crippen LogP contribution in [-0.4, -0.2) is 19.8 Å². The van der Waals surface area contributed by atoms with Gasteiger partial charge in [-0.3, -0.25) is 0 Å². The van der Waals surface area contributed by atoms with E-state index in [1.54, 1.807) is 72.8 Å². The van der Waals surface area contributed by atoms with Crippen LogP contribution in [-0.2, 0) is 4.57 Å². The molecular weight excluding hydrogens is 503 g/mol. The van der Waals surface area contributed by atoms with E-state index in [-0.39, 0.29) is 0 Å². The Bertz CT molecular complexity index is 957. The monoisotopic (exact) mass is 542 g/mol. The van der Waals surface area contributed by atoms with Gasteiger partial charge in [-0.05, 0) is 92.1 Å². The Morgan fingerprint density at radius 2 is 0.684 bits per heavy atom. The molecule has 206 valence electrons. The lowest BCUT2D eigenvalue weighted by atomic mass is 10.3. The summed E-state index contributed by atoms with van der Waals surface area (Å²) in [5.41, 5.74) is 0. The molecule has 0 amide bonds. The topological polar surface area (TPSA) is 72.5 Å². The van der Waals surface area contributed by atoms with Crippen molar-refractivity contribution in [3.05, 3.63) is 72.8 Å². The van der Waals surface area contributed by atoms with Crippen LogP contribution in [0.15, 0.2) is 72.8 Å². The van der Waals surface area contributed by atoms with Crippen molar-refractivity contribution in [1.82, 2.24) is 0 Å². The zero-order chi connectivity index (χ0) is 27.1. The Hall–Kier alpha value is -3.31. The summed E-state index contributed by atoms with van der Waals surface area (Å²) in [7, 11) is -4.13. The van der Waals surface area contributed by atoms with E-state index in [9.17, 15) is 4.57 Å². The molecule has 0 aliphatic carbocycles. The highest BCUT2D eigenvalue weighted by Gasteiger charge is 2.33. The molecular formula is C30H39O7P. The predicted molar refractivity (Wildman–Crippen MR) is 150 cm³/mol. The highest BCUT2D eigenvalue weighted by molar-refractivity contribution is 7.49. The van der Waals surface area contributed by atoms with Crippen molar-refractivity contribution in [2.45, 2.75) is 59.3 Å². The van der Waals surface area contributed by atoms with Crippen molar-refractivity contribution in [1.29, 1.82) is 0 Å². The molecule has 0 aliphatic rings. The Morgan fingerprint density at radius 1 is 0.447 bits per heavy atom. The molecule has 3 aromatic rings. The van der Waals surface area contributed by atoms with E-state index in [4.69, 9.17) is 27.8 Å². The normalized spacial score (nSPS) is 11.0. The molecule has 8 heteroatoms. The molecule has 0 aliphatic heterocycles. The maximum Gasteiger partial charge on any atom is 0.647 e. The molecule has 0 radical (unpaired) electrons. The number of unbranched alkanes of at least 4 members (excludes halogenated alkanes) is 3. The molecule has 0 bridgehead atoms. The standard InChI is InChI=1S/C30H39O7P/c1-4-7-22-32-25-10-16-28(17-11-25)35-38(31,36-29-18-12-26(13-19-29)33-23-8-5-2)37-30-20-14-27(15-21-30)34-24-9-6-3/h10-21H,4-9,22-24H2,1-3H3. The van der Waals surface area contributed by atoms with Gasteiger partial charge in [0.1, 0.15) is 34.5 Å². The number of hydrogen-bond acceptors (Lipinski definition) is 7. The zero-order valence-corrected chi connectivity index (χ0v) is 23.5. The van der Waals surface area contributed by atoms with Gasteiger partial charge in [0.2, 0.25) is 0 Å². The second kappa shape index (κ2) is 15.8. The van der Waals surface area contributed by atoms with E-state index in [1.807, 2.05) is 0 Å². The van der Waals surface area contributed by atoms with Crippen molar-refractivity contribution in [3.63, 3.8) is 0 Å². The van der Waals surface area contributed by atoms with Crippen molar-refractivity contribution in [3.8, 4) is 34.5 Å². The van der Waals surface area contributed by atoms with Crippen LogP contribution in [0.5, 0.6) is 34.5 Å². The summed E-state index contributed by atoms with van der Waals surface area (Å²) in [5.74, 6) is 3.11. The molecule has 0 saturated carbocycles.